The summed E-state index contributed by atoms with van der Waals surface area (Å²) in [6.07, 6.45) is 8.47. The number of likely N-dealkylation sites (tertiary alicyclic amines) is 1. The number of amides is 1. The number of carbonyl (C=O) groups is 1. The van der Waals surface area contributed by atoms with Crippen LogP contribution in [0.2, 0.25) is 0 Å². The summed E-state index contributed by atoms with van der Waals surface area (Å²) in [5, 5.41) is 10.5. The Morgan fingerprint density at radius 1 is 1.08 bits per heavy atom. The molecule has 0 bridgehead atoms. The van der Waals surface area contributed by atoms with Crippen molar-refractivity contribution in [1.29, 1.82) is 0 Å². The van der Waals surface area contributed by atoms with Gasteiger partial charge in [-0.1, -0.05) is 6.58 Å². The normalized spacial score (nSPS) is 14.2. The molecule has 1 aliphatic heterocycles. The zero-order valence-corrected chi connectivity index (χ0v) is 21.4. The molecule has 1 fully saturated rings. The zero-order chi connectivity index (χ0) is 26.5. The summed E-state index contributed by atoms with van der Waals surface area (Å²) >= 11 is 0. The maximum absolute atomic E-state index is 11.7. The number of pyridine rings is 2. The molecule has 5 rings (SSSR count). The average Bonchev–Trinajstić information content (AvgIpc) is 2.94. The molecule has 0 saturated carbocycles. The number of hydrogen-bond donors (Lipinski definition) is 3. The van der Waals surface area contributed by atoms with Gasteiger partial charge < -0.3 is 25.6 Å². The Morgan fingerprint density at radius 2 is 1.89 bits per heavy atom. The van der Waals surface area contributed by atoms with E-state index in [2.05, 4.69) is 49.4 Å². The van der Waals surface area contributed by atoms with Crippen molar-refractivity contribution >= 4 is 39.8 Å². The Kier molecular flexibility index (Phi) is 7.41. The van der Waals surface area contributed by atoms with Crippen molar-refractivity contribution < 1.29 is 9.53 Å². The number of hydrogen-bond acceptors (Lipinski definition) is 9. The number of anilines is 4. The molecule has 10 nitrogen and oxygen atoms in total. The number of aromatic nitrogens is 4. The smallest absolute Gasteiger partial charge is 0.247 e. The molecule has 1 aromatic carbocycles. The van der Waals surface area contributed by atoms with Gasteiger partial charge >= 0.3 is 0 Å². The van der Waals surface area contributed by atoms with E-state index in [1.165, 1.54) is 6.08 Å². The fourth-order valence-corrected chi connectivity index (χ4v) is 4.43. The van der Waals surface area contributed by atoms with Crippen molar-refractivity contribution in [2.24, 2.45) is 0 Å². The lowest BCUT2D eigenvalue weighted by Gasteiger charge is -2.30. The minimum absolute atomic E-state index is 0.302. The second kappa shape index (κ2) is 11.2. The van der Waals surface area contributed by atoms with Gasteiger partial charge in [0.25, 0.3) is 0 Å². The molecule has 0 unspecified atom stereocenters. The fraction of sp³-hybridized carbons (Fsp3) is 0.250. The lowest BCUT2D eigenvalue weighted by molar-refractivity contribution is -0.111. The van der Waals surface area contributed by atoms with E-state index >= 15 is 0 Å². The maximum Gasteiger partial charge on any atom is 0.247 e. The number of nitrogens with zero attached hydrogens (tertiary/aromatic N) is 5. The lowest BCUT2D eigenvalue weighted by Crippen LogP contribution is -2.36. The van der Waals surface area contributed by atoms with Crippen LogP contribution >= 0.6 is 0 Å². The fourth-order valence-electron chi connectivity index (χ4n) is 4.43. The molecule has 1 aliphatic rings. The van der Waals surface area contributed by atoms with Crippen LogP contribution in [0.15, 0.2) is 67.6 Å². The number of carbonyl (C=O) groups excluding carboxylic acids is 1. The molecular weight excluding hydrogens is 480 g/mol. The highest BCUT2D eigenvalue weighted by molar-refractivity contribution is 5.99. The topological polar surface area (TPSA) is 117 Å². The maximum atomic E-state index is 11.7. The summed E-state index contributed by atoms with van der Waals surface area (Å²) in [7, 11) is 3.80. The first kappa shape index (κ1) is 25.1. The van der Waals surface area contributed by atoms with E-state index < -0.39 is 0 Å². The first-order valence-electron chi connectivity index (χ1n) is 12.4. The number of methoxy groups -OCH3 is 1. The van der Waals surface area contributed by atoms with Crippen LogP contribution in [0, 0.1) is 0 Å². The molecule has 4 aromatic rings. The number of ether oxygens (including phenoxy) is 1. The molecule has 0 radical (unpaired) electrons. The molecular formula is C28H30N8O2. The van der Waals surface area contributed by atoms with Crippen LogP contribution in [0.3, 0.4) is 0 Å². The van der Waals surface area contributed by atoms with Crippen LogP contribution in [-0.4, -0.2) is 64.0 Å². The molecule has 0 aliphatic carbocycles. The van der Waals surface area contributed by atoms with Crippen LogP contribution in [0.25, 0.3) is 22.3 Å². The Bertz CT molecular complexity index is 1470. The van der Waals surface area contributed by atoms with Gasteiger partial charge in [0.05, 0.1) is 18.5 Å². The summed E-state index contributed by atoms with van der Waals surface area (Å²) in [4.78, 5) is 32.3. The highest BCUT2D eigenvalue weighted by Crippen LogP contribution is 2.32. The number of rotatable bonds is 8. The summed E-state index contributed by atoms with van der Waals surface area (Å²) in [5.41, 5.74) is 4.13. The molecule has 0 atom stereocenters. The van der Waals surface area contributed by atoms with Crippen LogP contribution in [-0.2, 0) is 4.79 Å². The predicted molar refractivity (Wildman–Crippen MR) is 150 cm³/mol. The highest BCUT2D eigenvalue weighted by atomic mass is 16.5. The van der Waals surface area contributed by atoms with Crippen molar-refractivity contribution in [1.82, 2.24) is 24.8 Å². The van der Waals surface area contributed by atoms with Gasteiger partial charge in [0.1, 0.15) is 17.0 Å². The Morgan fingerprint density at radius 3 is 2.68 bits per heavy atom. The second-order valence-electron chi connectivity index (χ2n) is 9.18. The molecule has 194 valence electrons. The van der Waals surface area contributed by atoms with Gasteiger partial charge in [-0.25, -0.2) is 9.97 Å². The third-order valence-corrected chi connectivity index (χ3v) is 6.49. The van der Waals surface area contributed by atoms with Gasteiger partial charge in [0.2, 0.25) is 11.9 Å². The van der Waals surface area contributed by atoms with E-state index in [1.807, 2.05) is 24.3 Å². The van der Waals surface area contributed by atoms with E-state index in [4.69, 9.17) is 9.72 Å². The second-order valence-corrected chi connectivity index (χ2v) is 9.18. The van der Waals surface area contributed by atoms with Gasteiger partial charge in [-0.3, -0.25) is 14.8 Å². The van der Waals surface area contributed by atoms with Crippen molar-refractivity contribution in [3.63, 3.8) is 0 Å². The number of fused-ring (bicyclic) bond motifs is 1. The summed E-state index contributed by atoms with van der Waals surface area (Å²) in [6.45, 7) is 5.67. The van der Waals surface area contributed by atoms with Gasteiger partial charge in [-0.2, -0.15) is 0 Å². The van der Waals surface area contributed by atoms with Crippen LogP contribution in [0.5, 0.6) is 5.75 Å². The molecule has 10 heteroatoms. The summed E-state index contributed by atoms with van der Waals surface area (Å²) in [6, 6.07) is 11.7. The number of piperidine rings is 1. The zero-order valence-electron chi connectivity index (χ0n) is 21.4. The molecule has 38 heavy (non-hydrogen) atoms. The largest absolute Gasteiger partial charge is 0.494 e. The van der Waals surface area contributed by atoms with Crippen molar-refractivity contribution in [2.75, 3.05) is 43.2 Å². The quantitative estimate of drug-likeness (QED) is 0.295. The summed E-state index contributed by atoms with van der Waals surface area (Å²) in [5.74, 6) is 0.783. The highest BCUT2D eigenvalue weighted by Gasteiger charge is 2.17. The van der Waals surface area contributed by atoms with Gasteiger partial charge in [0, 0.05) is 47.5 Å². The third-order valence-electron chi connectivity index (χ3n) is 6.49. The van der Waals surface area contributed by atoms with E-state index in [-0.39, 0.29) is 5.91 Å². The van der Waals surface area contributed by atoms with E-state index in [1.54, 1.807) is 37.8 Å². The Balaban J connectivity index is 1.40. The van der Waals surface area contributed by atoms with Gasteiger partial charge in [-0.15, -0.1) is 0 Å². The minimum atomic E-state index is -0.302. The molecule has 0 spiro atoms. The van der Waals surface area contributed by atoms with Crippen molar-refractivity contribution in [3.05, 3.63) is 67.6 Å². The molecule has 1 amide bonds. The number of nitrogens with one attached hydrogen (secondary N) is 3. The van der Waals surface area contributed by atoms with Crippen LogP contribution in [0.1, 0.15) is 12.8 Å². The SMILES string of the molecule is C=CC(=O)Nc1ccnc(-c2nccc3cnc(Nc4ccc(NC5CCN(C)CC5)cc4OC)nc23)c1. The van der Waals surface area contributed by atoms with Crippen molar-refractivity contribution in [3.8, 4) is 17.1 Å². The molecule has 4 heterocycles. The van der Waals surface area contributed by atoms with E-state index in [0.717, 1.165) is 42.7 Å². The van der Waals surface area contributed by atoms with E-state index in [9.17, 15) is 4.79 Å². The van der Waals surface area contributed by atoms with E-state index in [0.29, 0.717) is 40.3 Å². The number of benzene rings is 1. The minimum Gasteiger partial charge on any atom is -0.494 e. The van der Waals surface area contributed by atoms with Crippen molar-refractivity contribution in [2.45, 2.75) is 18.9 Å². The van der Waals surface area contributed by atoms with Crippen LogP contribution < -0.4 is 20.7 Å². The monoisotopic (exact) mass is 510 g/mol. The predicted octanol–water partition coefficient (Wildman–Crippen LogP) is 4.47. The molecule has 3 aromatic heterocycles. The first-order valence-corrected chi connectivity index (χ1v) is 12.4. The van der Waals surface area contributed by atoms with Gasteiger partial charge in [-0.05, 0) is 69.4 Å². The lowest BCUT2D eigenvalue weighted by atomic mass is 10.1. The molecule has 3 N–H and O–H groups in total. The first-order chi connectivity index (χ1) is 18.5. The Hall–Kier alpha value is -4.57. The third kappa shape index (κ3) is 5.70. The van der Waals surface area contributed by atoms with Crippen LogP contribution in [0.4, 0.5) is 23.0 Å². The van der Waals surface area contributed by atoms with Gasteiger partial charge in [0.15, 0.2) is 0 Å². The summed E-state index contributed by atoms with van der Waals surface area (Å²) < 4.78 is 5.67. The standard InChI is InChI=1S/C28H30N8O2/c1-4-25(37)33-21-8-12-29-23(15-21)27-26-18(7-11-30-27)17-31-28(35-26)34-22-6-5-20(16-24(22)38-3)32-19-9-13-36(2)14-10-19/h4-8,11-12,15-17,19,32H,1,9-10,13-14H2,2-3H3,(H,29,33,37)(H,31,34,35). The Labute approximate surface area is 221 Å². The molecule has 1 saturated heterocycles. The average molecular weight is 511 g/mol.